The molecule has 0 heterocycles. The molecule has 0 bridgehead atoms. The van der Waals surface area contributed by atoms with E-state index in [9.17, 15) is 4.79 Å². The Morgan fingerprint density at radius 3 is 2.22 bits per heavy atom. The van der Waals surface area contributed by atoms with Gasteiger partial charge in [-0.2, -0.15) is 0 Å². The van der Waals surface area contributed by atoms with Gasteiger partial charge in [-0.1, -0.05) is 26.0 Å². The number of carbonyl (C=O) groups is 1. The number of Topliss-reactive ketones (excluding diaryl/α,β-unsaturated/α-hetero) is 1. The van der Waals surface area contributed by atoms with E-state index in [-0.39, 0.29) is 5.78 Å². The van der Waals surface area contributed by atoms with Crippen molar-refractivity contribution in [1.82, 2.24) is 0 Å². The van der Waals surface area contributed by atoms with Gasteiger partial charge in [-0.3, -0.25) is 4.79 Å². The second kappa shape index (κ2) is 8.56. The van der Waals surface area contributed by atoms with Crippen LogP contribution in [-0.4, -0.2) is 19.0 Å². The van der Waals surface area contributed by atoms with Crippen molar-refractivity contribution in [2.75, 3.05) is 13.2 Å². The molecule has 18 heavy (non-hydrogen) atoms. The van der Waals surface area contributed by atoms with E-state index in [4.69, 9.17) is 9.47 Å². The van der Waals surface area contributed by atoms with E-state index in [0.717, 1.165) is 24.3 Å². The molecule has 3 heteroatoms. The van der Waals surface area contributed by atoms with Crippen molar-refractivity contribution in [1.29, 1.82) is 0 Å². The van der Waals surface area contributed by atoms with Crippen LogP contribution in [0, 0.1) is 0 Å². The highest BCUT2D eigenvalue weighted by molar-refractivity contribution is 5.77. The summed E-state index contributed by atoms with van der Waals surface area (Å²) in [7, 11) is 0. The second-order valence-corrected chi connectivity index (χ2v) is 4.14. The van der Waals surface area contributed by atoms with Crippen LogP contribution in [0.3, 0.4) is 0 Å². The lowest BCUT2D eigenvalue weighted by Gasteiger charge is -2.11. The predicted molar refractivity (Wildman–Crippen MR) is 72.3 cm³/mol. The van der Waals surface area contributed by atoms with E-state index in [1.54, 1.807) is 0 Å². The van der Waals surface area contributed by atoms with Crippen molar-refractivity contribution < 1.29 is 14.3 Å². The van der Waals surface area contributed by atoms with Crippen molar-refractivity contribution in [2.45, 2.75) is 39.5 Å². The molecule has 0 aromatic heterocycles. The first-order valence-corrected chi connectivity index (χ1v) is 6.64. The highest BCUT2D eigenvalue weighted by Crippen LogP contribution is 2.26. The molecule has 0 radical (unpaired) electrons. The lowest BCUT2D eigenvalue weighted by atomic mass is 10.2. The minimum Gasteiger partial charge on any atom is -0.490 e. The number of hydrogen-bond donors (Lipinski definition) is 0. The highest BCUT2D eigenvalue weighted by Gasteiger charge is 2.04. The van der Waals surface area contributed by atoms with Gasteiger partial charge in [0.05, 0.1) is 13.2 Å². The lowest BCUT2D eigenvalue weighted by molar-refractivity contribution is -0.118. The Bertz CT molecular complexity index is 361. The molecule has 0 unspecified atom stereocenters. The Morgan fingerprint density at radius 1 is 1.06 bits per heavy atom. The SMILES string of the molecule is CCCOc1ccccc1OCCCC(=O)CC. The van der Waals surface area contributed by atoms with Crippen molar-refractivity contribution in [3.63, 3.8) is 0 Å². The Morgan fingerprint density at radius 2 is 1.67 bits per heavy atom. The minimum absolute atomic E-state index is 0.286. The van der Waals surface area contributed by atoms with E-state index in [2.05, 4.69) is 6.92 Å². The summed E-state index contributed by atoms with van der Waals surface area (Å²) in [6.45, 7) is 5.20. The fourth-order valence-corrected chi connectivity index (χ4v) is 1.53. The zero-order chi connectivity index (χ0) is 13.2. The first kappa shape index (κ1) is 14.6. The van der Waals surface area contributed by atoms with Gasteiger partial charge >= 0.3 is 0 Å². The largest absolute Gasteiger partial charge is 0.490 e. The van der Waals surface area contributed by atoms with E-state index >= 15 is 0 Å². The molecule has 0 aliphatic heterocycles. The molecule has 1 rings (SSSR count). The van der Waals surface area contributed by atoms with Crippen LogP contribution in [0.4, 0.5) is 0 Å². The van der Waals surface area contributed by atoms with Gasteiger partial charge in [0.15, 0.2) is 11.5 Å². The van der Waals surface area contributed by atoms with Crippen LogP contribution in [0.5, 0.6) is 11.5 Å². The monoisotopic (exact) mass is 250 g/mol. The molecule has 1 aromatic carbocycles. The molecule has 0 saturated heterocycles. The number of hydrogen-bond acceptors (Lipinski definition) is 3. The smallest absolute Gasteiger partial charge is 0.161 e. The zero-order valence-corrected chi connectivity index (χ0v) is 11.3. The van der Waals surface area contributed by atoms with Gasteiger partial charge in [0, 0.05) is 12.8 Å². The normalized spacial score (nSPS) is 10.1. The van der Waals surface area contributed by atoms with Crippen molar-refractivity contribution in [3.8, 4) is 11.5 Å². The molecule has 0 N–H and O–H groups in total. The zero-order valence-electron chi connectivity index (χ0n) is 11.3. The average Bonchev–Trinajstić information content (AvgIpc) is 2.42. The van der Waals surface area contributed by atoms with Gasteiger partial charge < -0.3 is 9.47 Å². The highest BCUT2D eigenvalue weighted by atomic mass is 16.5. The second-order valence-electron chi connectivity index (χ2n) is 4.14. The quantitative estimate of drug-likeness (QED) is 0.628. The van der Waals surface area contributed by atoms with E-state index in [0.29, 0.717) is 26.1 Å². The summed E-state index contributed by atoms with van der Waals surface area (Å²) in [5.74, 6) is 1.82. The Hall–Kier alpha value is -1.51. The van der Waals surface area contributed by atoms with Crippen LogP contribution in [0.2, 0.25) is 0 Å². The third-order valence-corrected chi connectivity index (χ3v) is 2.56. The molecule has 0 atom stereocenters. The minimum atomic E-state index is 0.286. The molecule has 0 saturated carbocycles. The molecule has 0 aliphatic carbocycles. The fourth-order valence-electron chi connectivity index (χ4n) is 1.53. The summed E-state index contributed by atoms with van der Waals surface area (Å²) in [4.78, 5) is 11.2. The van der Waals surface area contributed by atoms with Crippen LogP contribution >= 0.6 is 0 Å². The van der Waals surface area contributed by atoms with Crippen molar-refractivity contribution in [2.24, 2.45) is 0 Å². The van der Waals surface area contributed by atoms with Gasteiger partial charge in [0.2, 0.25) is 0 Å². The molecule has 0 aliphatic rings. The topological polar surface area (TPSA) is 35.5 Å². The average molecular weight is 250 g/mol. The third-order valence-electron chi connectivity index (χ3n) is 2.56. The van der Waals surface area contributed by atoms with E-state index < -0.39 is 0 Å². The maximum atomic E-state index is 11.2. The molecule has 0 amide bonds. The fraction of sp³-hybridized carbons (Fsp3) is 0.533. The summed E-state index contributed by atoms with van der Waals surface area (Å²) in [5.41, 5.74) is 0. The number of para-hydroxylation sites is 2. The third kappa shape index (κ3) is 5.21. The van der Waals surface area contributed by atoms with Crippen molar-refractivity contribution >= 4 is 5.78 Å². The molecule has 1 aromatic rings. The molecule has 0 spiro atoms. The predicted octanol–water partition coefficient (Wildman–Crippen LogP) is 3.61. The van der Waals surface area contributed by atoms with Crippen LogP contribution < -0.4 is 9.47 Å². The lowest BCUT2D eigenvalue weighted by Crippen LogP contribution is -2.04. The number of rotatable bonds is 9. The maximum Gasteiger partial charge on any atom is 0.161 e. The first-order chi connectivity index (χ1) is 8.77. The Kier molecular flexibility index (Phi) is 6.92. The molecule has 100 valence electrons. The number of carbonyl (C=O) groups excluding carboxylic acids is 1. The summed E-state index contributed by atoms with van der Waals surface area (Å²) in [6, 6.07) is 7.65. The molecule has 3 nitrogen and oxygen atoms in total. The number of ether oxygens (including phenoxy) is 2. The molecule has 0 fully saturated rings. The molecular formula is C15H22O3. The van der Waals surface area contributed by atoms with Gasteiger partial charge in [-0.05, 0) is 25.0 Å². The number of benzene rings is 1. The summed E-state index contributed by atoms with van der Waals surface area (Å²) in [5, 5.41) is 0. The van der Waals surface area contributed by atoms with Crippen molar-refractivity contribution in [3.05, 3.63) is 24.3 Å². The standard InChI is InChI=1S/C15H22O3/c1-3-11-17-14-9-5-6-10-15(14)18-12-7-8-13(16)4-2/h5-6,9-10H,3-4,7-8,11-12H2,1-2H3. The van der Waals surface area contributed by atoms with E-state index in [1.807, 2.05) is 31.2 Å². The van der Waals surface area contributed by atoms with Crippen LogP contribution in [0.25, 0.3) is 0 Å². The summed E-state index contributed by atoms with van der Waals surface area (Å²) >= 11 is 0. The maximum absolute atomic E-state index is 11.2. The Balaban J connectivity index is 2.38. The van der Waals surface area contributed by atoms with Gasteiger partial charge in [0.1, 0.15) is 5.78 Å². The van der Waals surface area contributed by atoms with Crippen LogP contribution in [-0.2, 0) is 4.79 Å². The van der Waals surface area contributed by atoms with Gasteiger partial charge in [-0.15, -0.1) is 0 Å². The van der Waals surface area contributed by atoms with Gasteiger partial charge in [-0.25, -0.2) is 0 Å². The first-order valence-electron chi connectivity index (χ1n) is 6.64. The summed E-state index contributed by atoms with van der Waals surface area (Å²) in [6.07, 6.45) is 2.93. The van der Waals surface area contributed by atoms with Crippen LogP contribution in [0.1, 0.15) is 39.5 Å². The Labute approximate surface area is 109 Å². The van der Waals surface area contributed by atoms with E-state index in [1.165, 1.54) is 0 Å². The van der Waals surface area contributed by atoms with Crippen LogP contribution in [0.15, 0.2) is 24.3 Å². The summed E-state index contributed by atoms with van der Waals surface area (Å²) < 4.78 is 11.2. The van der Waals surface area contributed by atoms with Gasteiger partial charge in [0.25, 0.3) is 0 Å². The molecular weight excluding hydrogens is 228 g/mol. The number of ketones is 1.